The molecule has 1 aromatic heterocycles. The van der Waals surface area contributed by atoms with Crippen LogP contribution in [0, 0.1) is 0 Å². The average Bonchev–Trinajstić information content (AvgIpc) is 2.74. The van der Waals surface area contributed by atoms with E-state index in [2.05, 4.69) is 11.1 Å². The molecule has 0 radical (unpaired) electrons. The van der Waals surface area contributed by atoms with Crippen LogP contribution in [0.4, 0.5) is 0 Å². The molecule has 3 rings (SSSR count). The van der Waals surface area contributed by atoms with Crippen molar-refractivity contribution in [3.05, 3.63) is 47.7 Å². The number of carbonyl (C=O) groups excluding carboxylic acids is 1. The van der Waals surface area contributed by atoms with Crippen LogP contribution in [0.5, 0.6) is 11.6 Å². The van der Waals surface area contributed by atoms with Crippen LogP contribution in [0.3, 0.4) is 0 Å². The fraction of sp³-hybridized carbons (Fsp3) is 0.429. The second-order valence-corrected chi connectivity index (χ2v) is 9.78. The Labute approximate surface area is 176 Å². The van der Waals surface area contributed by atoms with E-state index in [-0.39, 0.29) is 17.2 Å². The Bertz CT molecular complexity index is 1010. The first kappa shape index (κ1) is 22.2. The summed E-state index contributed by atoms with van der Waals surface area (Å²) in [7, 11) is -4.24. The average molecular weight is 433 g/mol. The van der Waals surface area contributed by atoms with E-state index in [4.69, 9.17) is 21.9 Å². The van der Waals surface area contributed by atoms with Crippen LogP contribution in [0.15, 0.2) is 41.4 Å². The van der Waals surface area contributed by atoms with Gasteiger partial charge in [0.25, 0.3) is 5.91 Å². The number of hydrogen-bond donors (Lipinski definition) is 3. The third-order valence-corrected chi connectivity index (χ3v) is 7.69. The molecule has 1 atom stereocenters. The van der Waals surface area contributed by atoms with Crippen LogP contribution in [0.2, 0.25) is 0 Å². The molecule has 2 aromatic rings. The van der Waals surface area contributed by atoms with Crippen LogP contribution < -0.4 is 21.9 Å². The van der Waals surface area contributed by atoms with E-state index in [0.29, 0.717) is 25.1 Å². The van der Waals surface area contributed by atoms with Gasteiger partial charge >= 0.3 is 0 Å². The Morgan fingerprint density at radius 1 is 1.10 bits per heavy atom. The fourth-order valence-corrected chi connectivity index (χ4v) is 5.15. The van der Waals surface area contributed by atoms with Crippen molar-refractivity contribution in [2.24, 2.45) is 17.2 Å². The molecular weight excluding hydrogens is 404 g/mol. The number of primary amides is 1. The minimum Gasteiger partial charge on any atom is -0.439 e. The lowest BCUT2D eigenvalue weighted by Crippen LogP contribution is -2.57. The zero-order chi connectivity index (χ0) is 21.8. The quantitative estimate of drug-likeness (QED) is 0.511. The summed E-state index contributed by atoms with van der Waals surface area (Å²) < 4.78 is 31.7. The number of hydrogen-bond acceptors (Lipinski definition) is 7. The first-order valence-electron chi connectivity index (χ1n) is 10.1. The molecule has 6 N–H and O–H groups in total. The number of pyridine rings is 1. The number of unbranched alkanes of at least 4 members (excludes halogenated alkanes) is 1. The summed E-state index contributed by atoms with van der Waals surface area (Å²) >= 11 is 0. The lowest BCUT2D eigenvalue weighted by molar-refractivity contribution is -0.120. The summed E-state index contributed by atoms with van der Waals surface area (Å²) in [6.45, 7) is 0.366. The Kier molecular flexibility index (Phi) is 6.74. The minimum atomic E-state index is -4.24. The highest BCUT2D eigenvalue weighted by atomic mass is 32.2. The van der Waals surface area contributed by atoms with Gasteiger partial charge in [0.05, 0.1) is 4.90 Å². The monoisotopic (exact) mass is 432 g/mol. The first-order valence-corrected chi connectivity index (χ1v) is 11.6. The summed E-state index contributed by atoms with van der Waals surface area (Å²) in [6, 6.07) is 8.69. The molecule has 1 amide bonds. The number of carbonyl (C=O) groups is 1. The molecule has 8 nitrogen and oxygen atoms in total. The van der Waals surface area contributed by atoms with Gasteiger partial charge in [-0.15, -0.1) is 0 Å². The molecule has 9 heteroatoms. The number of aromatic nitrogens is 1. The van der Waals surface area contributed by atoms with Crippen molar-refractivity contribution in [3.63, 3.8) is 0 Å². The molecule has 0 aliphatic heterocycles. The Balaban J connectivity index is 1.79. The van der Waals surface area contributed by atoms with Crippen LogP contribution in [0.1, 0.15) is 43.2 Å². The molecule has 30 heavy (non-hydrogen) atoms. The van der Waals surface area contributed by atoms with Gasteiger partial charge in [0.15, 0.2) is 0 Å². The van der Waals surface area contributed by atoms with Crippen LogP contribution >= 0.6 is 0 Å². The lowest BCUT2D eigenvalue weighted by atomic mass is 9.92. The van der Waals surface area contributed by atoms with Gasteiger partial charge in [-0.1, -0.05) is 6.07 Å². The maximum atomic E-state index is 13.0. The third-order valence-electron chi connectivity index (χ3n) is 5.46. The summed E-state index contributed by atoms with van der Waals surface area (Å²) in [4.78, 5) is 13.6. The molecule has 1 heterocycles. The van der Waals surface area contributed by atoms with E-state index in [1.807, 2.05) is 12.1 Å². The molecule has 0 saturated carbocycles. The molecule has 0 saturated heterocycles. The van der Waals surface area contributed by atoms with Gasteiger partial charge in [0, 0.05) is 12.3 Å². The molecule has 162 valence electrons. The normalized spacial score (nSPS) is 15.8. The summed E-state index contributed by atoms with van der Waals surface area (Å²) in [6.07, 6.45) is 6.37. The minimum absolute atomic E-state index is 0.116. The van der Waals surface area contributed by atoms with Gasteiger partial charge in [-0.2, -0.15) is 0 Å². The Hall–Kier alpha value is -2.49. The van der Waals surface area contributed by atoms with Crippen molar-refractivity contribution < 1.29 is 17.9 Å². The van der Waals surface area contributed by atoms with Crippen molar-refractivity contribution >= 4 is 15.7 Å². The molecule has 1 aromatic carbocycles. The highest BCUT2D eigenvalue weighted by Gasteiger charge is 2.46. The standard InChI is InChI=1S/C21H28N4O4S/c22-12-4-3-11-21(24,20(23)26)30(27,28)18-9-10-19(25-14-18)29-17-8-7-15-5-1-2-6-16(15)13-17/h7-10,13-14H,1-6,11-12,22,24H2,(H2,23,26)/t21-/m0/s1. The van der Waals surface area contributed by atoms with Crippen LogP contribution in [-0.2, 0) is 27.5 Å². The second kappa shape index (κ2) is 9.11. The molecule has 0 fully saturated rings. The summed E-state index contributed by atoms with van der Waals surface area (Å²) in [5, 5.41) is 0. The summed E-state index contributed by atoms with van der Waals surface area (Å²) in [5.74, 6) is -0.214. The number of nitrogens with two attached hydrogens (primary N) is 3. The maximum absolute atomic E-state index is 13.0. The Morgan fingerprint density at radius 2 is 1.83 bits per heavy atom. The van der Waals surface area contributed by atoms with E-state index in [1.165, 1.54) is 29.7 Å². The molecule has 0 spiro atoms. The molecule has 1 aliphatic carbocycles. The van der Waals surface area contributed by atoms with E-state index in [1.54, 1.807) is 0 Å². The molecule has 0 bridgehead atoms. The van der Waals surface area contributed by atoms with E-state index in [0.717, 1.165) is 25.5 Å². The van der Waals surface area contributed by atoms with Gasteiger partial charge in [0.2, 0.25) is 20.6 Å². The third kappa shape index (κ3) is 4.48. The smallest absolute Gasteiger partial charge is 0.253 e. The van der Waals surface area contributed by atoms with Crippen LogP contribution in [-0.4, -0.2) is 30.7 Å². The van der Waals surface area contributed by atoms with Gasteiger partial charge in [-0.3, -0.25) is 4.79 Å². The van der Waals surface area contributed by atoms with Crippen molar-refractivity contribution in [2.75, 3.05) is 6.54 Å². The number of aryl methyl sites for hydroxylation is 2. The lowest BCUT2D eigenvalue weighted by Gasteiger charge is -2.25. The zero-order valence-corrected chi connectivity index (χ0v) is 17.7. The number of sulfone groups is 1. The zero-order valence-electron chi connectivity index (χ0n) is 16.8. The first-order chi connectivity index (χ1) is 14.3. The van der Waals surface area contributed by atoms with Gasteiger partial charge in [-0.25, -0.2) is 13.4 Å². The second-order valence-electron chi connectivity index (χ2n) is 7.57. The van der Waals surface area contributed by atoms with Crippen molar-refractivity contribution in [1.29, 1.82) is 0 Å². The number of nitrogens with zero attached hydrogens (tertiary/aromatic N) is 1. The highest BCUT2D eigenvalue weighted by Crippen LogP contribution is 2.30. The molecule has 0 unspecified atom stereocenters. The predicted octanol–water partition coefficient (Wildman–Crippen LogP) is 1.80. The SMILES string of the molecule is NCCCC[C@@](N)(C(N)=O)S(=O)(=O)c1ccc(Oc2ccc3c(c2)CCCC3)nc1. The molecule has 1 aliphatic rings. The van der Waals surface area contributed by atoms with E-state index < -0.39 is 20.6 Å². The van der Waals surface area contributed by atoms with Crippen molar-refractivity contribution in [3.8, 4) is 11.6 Å². The van der Waals surface area contributed by atoms with E-state index >= 15 is 0 Å². The van der Waals surface area contributed by atoms with Gasteiger partial charge < -0.3 is 21.9 Å². The Morgan fingerprint density at radius 3 is 2.47 bits per heavy atom. The highest BCUT2D eigenvalue weighted by molar-refractivity contribution is 7.93. The van der Waals surface area contributed by atoms with Gasteiger partial charge in [0.1, 0.15) is 5.75 Å². The predicted molar refractivity (Wildman–Crippen MR) is 114 cm³/mol. The number of rotatable bonds is 9. The van der Waals surface area contributed by atoms with Crippen molar-refractivity contribution in [1.82, 2.24) is 4.98 Å². The number of fused-ring (bicyclic) bond motifs is 1. The fourth-order valence-electron chi connectivity index (χ4n) is 3.61. The largest absolute Gasteiger partial charge is 0.439 e. The van der Waals surface area contributed by atoms with E-state index in [9.17, 15) is 13.2 Å². The topological polar surface area (TPSA) is 151 Å². The maximum Gasteiger partial charge on any atom is 0.253 e. The summed E-state index contributed by atoms with van der Waals surface area (Å²) in [5.41, 5.74) is 19.3. The van der Waals surface area contributed by atoms with Crippen LogP contribution in [0.25, 0.3) is 0 Å². The number of amides is 1. The number of benzene rings is 1. The van der Waals surface area contributed by atoms with Gasteiger partial charge in [-0.05, 0) is 80.8 Å². The molecular formula is C21H28N4O4S. The van der Waals surface area contributed by atoms with Crippen molar-refractivity contribution in [2.45, 2.75) is 54.7 Å². The number of ether oxygens (including phenoxy) is 1.